The minimum absolute atomic E-state index is 0.0518. The van der Waals surface area contributed by atoms with Gasteiger partial charge in [-0.25, -0.2) is 4.68 Å². The molecule has 0 saturated carbocycles. The Labute approximate surface area is 144 Å². The van der Waals surface area contributed by atoms with E-state index in [1.54, 1.807) is 0 Å². The smallest absolute Gasteiger partial charge is 0.274 e. The zero-order valence-electron chi connectivity index (χ0n) is 15.1. The first-order chi connectivity index (χ1) is 11.5. The maximum Gasteiger partial charge on any atom is 0.274 e. The number of carbonyl (C=O) groups is 1. The van der Waals surface area contributed by atoms with Crippen molar-refractivity contribution in [2.75, 3.05) is 7.05 Å². The lowest BCUT2D eigenvalue weighted by Gasteiger charge is -2.26. The van der Waals surface area contributed by atoms with Crippen LogP contribution < -0.4 is 0 Å². The van der Waals surface area contributed by atoms with Gasteiger partial charge in [-0.15, -0.1) is 0 Å². The molecule has 2 aromatic rings. The van der Waals surface area contributed by atoms with Gasteiger partial charge in [0.2, 0.25) is 0 Å². The van der Waals surface area contributed by atoms with Gasteiger partial charge in [0.1, 0.15) is 0 Å². The van der Waals surface area contributed by atoms with E-state index in [2.05, 4.69) is 20.8 Å². The monoisotopic (exact) mass is 325 g/mol. The Bertz CT molecular complexity index is 718. The summed E-state index contributed by atoms with van der Waals surface area (Å²) in [4.78, 5) is 14.9. The molecule has 1 aromatic carbocycles. The lowest BCUT2D eigenvalue weighted by molar-refractivity contribution is 0.0720. The summed E-state index contributed by atoms with van der Waals surface area (Å²) >= 11 is 0. The number of para-hydroxylation sites is 1. The van der Waals surface area contributed by atoms with Gasteiger partial charge in [-0.3, -0.25) is 4.79 Å². The summed E-state index contributed by atoms with van der Waals surface area (Å²) in [7, 11) is 1.90. The van der Waals surface area contributed by atoms with Gasteiger partial charge in [0.25, 0.3) is 5.91 Å². The van der Waals surface area contributed by atoms with Crippen molar-refractivity contribution in [3.63, 3.8) is 0 Å². The van der Waals surface area contributed by atoms with Crippen LogP contribution in [-0.2, 0) is 12.8 Å². The molecular formula is C20H27N3O. The molecule has 1 atom stereocenters. The zero-order valence-corrected chi connectivity index (χ0v) is 15.1. The molecule has 128 valence electrons. The third-order valence-electron chi connectivity index (χ3n) is 4.93. The first-order valence-corrected chi connectivity index (χ1v) is 8.92. The number of benzene rings is 1. The summed E-state index contributed by atoms with van der Waals surface area (Å²) < 4.78 is 1.97. The SMILES string of the molecule is CC(C)C[C@H](C)N(C)C(=O)c1nn(-c2ccccc2)c2c1CCC2. The van der Waals surface area contributed by atoms with Gasteiger partial charge in [0.15, 0.2) is 5.69 Å². The second kappa shape index (κ2) is 6.80. The van der Waals surface area contributed by atoms with Crippen molar-refractivity contribution in [2.45, 2.75) is 52.5 Å². The van der Waals surface area contributed by atoms with Crippen molar-refractivity contribution >= 4 is 5.91 Å². The molecule has 0 bridgehead atoms. The molecule has 1 aromatic heterocycles. The Balaban J connectivity index is 1.93. The van der Waals surface area contributed by atoms with Crippen molar-refractivity contribution in [2.24, 2.45) is 5.92 Å². The van der Waals surface area contributed by atoms with Crippen LogP contribution in [0.15, 0.2) is 30.3 Å². The van der Waals surface area contributed by atoms with Gasteiger partial charge in [-0.05, 0) is 50.7 Å². The van der Waals surface area contributed by atoms with Gasteiger partial charge in [-0.2, -0.15) is 5.10 Å². The third-order valence-corrected chi connectivity index (χ3v) is 4.93. The average molecular weight is 325 g/mol. The van der Waals surface area contributed by atoms with E-state index in [0.717, 1.165) is 36.9 Å². The predicted octanol–water partition coefficient (Wildman–Crippen LogP) is 3.87. The Hall–Kier alpha value is -2.10. The van der Waals surface area contributed by atoms with E-state index in [9.17, 15) is 4.79 Å². The minimum atomic E-state index is 0.0518. The fourth-order valence-electron chi connectivity index (χ4n) is 3.60. The van der Waals surface area contributed by atoms with Crippen LogP contribution in [-0.4, -0.2) is 33.7 Å². The zero-order chi connectivity index (χ0) is 17.3. The summed E-state index contributed by atoms with van der Waals surface area (Å²) in [5.74, 6) is 0.624. The van der Waals surface area contributed by atoms with E-state index in [4.69, 9.17) is 5.10 Å². The number of rotatable bonds is 5. The van der Waals surface area contributed by atoms with Gasteiger partial charge >= 0.3 is 0 Å². The number of aromatic nitrogens is 2. The van der Waals surface area contributed by atoms with Crippen LogP contribution >= 0.6 is 0 Å². The van der Waals surface area contributed by atoms with Crippen LogP contribution in [0.25, 0.3) is 5.69 Å². The highest BCUT2D eigenvalue weighted by atomic mass is 16.2. The van der Waals surface area contributed by atoms with E-state index in [-0.39, 0.29) is 11.9 Å². The molecule has 0 fully saturated rings. The van der Waals surface area contributed by atoms with Crippen LogP contribution in [0.2, 0.25) is 0 Å². The van der Waals surface area contributed by atoms with Crippen molar-refractivity contribution in [3.05, 3.63) is 47.3 Å². The van der Waals surface area contributed by atoms with Crippen LogP contribution in [0, 0.1) is 5.92 Å². The molecule has 0 aliphatic heterocycles. The molecule has 0 spiro atoms. The molecule has 0 unspecified atom stereocenters. The van der Waals surface area contributed by atoms with Gasteiger partial charge in [-0.1, -0.05) is 32.0 Å². The number of nitrogens with zero attached hydrogens (tertiary/aromatic N) is 3. The second-order valence-electron chi connectivity index (χ2n) is 7.27. The first kappa shape index (κ1) is 16.7. The molecular weight excluding hydrogens is 298 g/mol. The molecule has 0 saturated heterocycles. The van der Waals surface area contributed by atoms with E-state index < -0.39 is 0 Å². The first-order valence-electron chi connectivity index (χ1n) is 8.92. The normalized spacial score (nSPS) is 14.7. The largest absolute Gasteiger partial charge is 0.338 e. The third kappa shape index (κ3) is 3.10. The fraction of sp³-hybridized carbons (Fsp3) is 0.500. The van der Waals surface area contributed by atoms with Crippen molar-refractivity contribution in [1.82, 2.24) is 14.7 Å². The highest BCUT2D eigenvalue weighted by molar-refractivity contribution is 5.94. The Morgan fingerprint density at radius 1 is 1.21 bits per heavy atom. The van der Waals surface area contributed by atoms with Crippen molar-refractivity contribution < 1.29 is 4.79 Å². The fourth-order valence-corrected chi connectivity index (χ4v) is 3.60. The van der Waals surface area contributed by atoms with Crippen LogP contribution in [0.5, 0.6) is 0 Å². The van der Waals surface area contributed by atoms with Crippen LogP contribution in [0.4, 0.5) is 0 Å². The van der Waals surface area contributed by atoms with Crippen LogP contribution in [0.1, 0.15) is 55.4 Å². The Kier molecular flexibility index (Phi) is 4.74. The topological polar surface area (TPSA) is 38.1 Å². The molecule has 1 amide bonds. The summed E-state index contributed by atoms with van der Waals surface area (Å²) in [6, 6.07) is 10.3. The van der Waals surface area contributed by atoms with Crippen LogP contribution in [0.3, 0.4) is 0 Å². The minimum Gasteiger partial charge on any atom is -0.338 e. The maximum absolute atomic E-state index is 13.0. The lowest BCUT2D eigenvalue weighted by Crippen LogP contribution is -2.36. The van der Waals surface area contributed by atoms with E-state index >= 15 is 0 Å². The summed E-state index contributed by atoms with van der Waals surface area (Å²) in [5, 5.41) is 4.71. The lowest BCUT2D eigenvalue weighted by atomic mass is 10.0. The molecule has 4 heteroatoms. The Morgan fingerprint density at radius 3 is 2.58 bits per heavy atom. The molecule has 3 rings (SSSR count). The van der Waals surface area contributed by atoms with E-state index in [1.807, 2.05) is 47.0 Å². The quantitative estimate of drug-likeness (QED) is 0.837. The number of fused-ring (bicyclic) bond motifs is 1. The van der Waals surface area contributed by atoms with Gasteiger partial charge in [0.05, 0.1) is 5.69 Å². The summed E-state index contributed by atoms with van der Waals surface area (Å²) in [6.45, 7) is 6.50. The molecule has 1 aliphatic carbocycles. The molecule has 24 heavy (non-hydrogen) atoms. The molecule has 4 nitrogen and oxygen atoms in total. The highest BCUT2D eigenvalue weighted by Gasteiger charge is 2.29. The number of carbonyl (C=O) groups excluding carboxylic acids is 1. The molecule has 1 heterocycles. The van der Waals surface area contributed by atoms with Gasteiger partial charge in [0, 0.05) is 24.3 Å². The standard InChI is InChI=1S/C20H27N3O/c1-14(2)13-15(3)22(4)20(24)19-17-11-8-12-18(17)23(21-19)16-9-6-5-7-10-16/h5-7,9-10,14-15H,8,11-13H2,1-4H3/t15-/m0/s1. The summed E-state index contributed by atoms with van der Waals surface area (Å²) in [5.41, 5.74) is 4.03. The maximum atomic E-state index is 13.0. The molecule has 0 N–H and O–H groups in total. The average Bonchev–Trinajstić information content (AvgIpc) is 3.15. The number of hydrogen-bond donors (Lipinski definition) is 0. The van der Waals surface area contributed by atoms with Crippen molar-refractivity contribution in [1.29, 1.82) is 0 Å². The number of amides is 1. The highest BCUT2D eigenvalue weighted by Crippen LogP contribution is 2.29. The summed E-state index contributed by atoms with van der Waals surface area (Å²) in [6.07, 6.45) is 4.06. The molecule has 0 radical (unpaired) electrons. The second-order valence-corrected chi connectivity index (χ2v) is 7.27. The number of hydrogen-bond acceptors (Lipinski definition) is 2. The van der Waals surface area contributed by atoms with E-state index in [1.165, 1.54) is 5.69 Å². The van der Waals surface area contributed by atoms with Gasteiger partial charge < -0.3 is 4.90 Å². The Morgan fingerprint density at radius 2 is 1.92 bits per heavy atom. The van der Waals surface area contributed by atoms with E-state index in [0.29, 0.717) is 11.6 Å². The van der Waals surface area contributed by atoms with Crippen molar-refractivity contribution in [3.8, 4) is 5.69 Å². The molecule has 1 aliphatic rings. The predicted molar refractivity (Wildman–Crippen MR) is 96.6 cm³/mol.